The van der Waals surface area contributed by atoms with E-state index in [9.17, 15) is 4.79 Å². The molecule has 0 aliphatic rings. The first-order valence-electron chi connectivity index (χ1n) is 9.38. The van der Waals surface area contributed by atoms with E-state index >= 15 is 0 Å². The number of aryl methyl sites for hydroxylation is 2. The Morgan fingerprint density at radius 3 is 2.80 bits per heavy atom. The Bertz CT molecular complexity index is 1430. The van der Waals surface area contributed by atoms with Crippen LogP contribution >= 0.6 is 0 Å². The molecule has 0 saturated carbocycles. The van der Waals surface area contributed by atoms with Crippen LogP contribution in [0, 0.1) is 6.92 Å². The predicted octanol–water partition coefficient (Wildman–Crippen LogP) is 3.24. The molecule has 0 atom stereocenters. The van der Waals surface area contributed by atoms with Gasteiger partial charge in [0.25, 0.3) is 0 Å². The van der Waals surface area contributed by atoms with Crippen LogP contribution in [-0.2, 0) is 11.8 Å². The lowest BCUT2D eigenvalue weighted by Gasteiger charge is -2.06. The minimum Gasteiger partial charge on any atom is -0.347 e. The van der Waals surface area contributed by atoms with E-state index in [1.165, 1.54) is 6.92 Å². The van der Waals surface area contributed by atoms with Crippen molar-refractivity contribution in [3.8, 4) is 22.8 Å². The van der Waals surface area contributed by atoms with Crippen LogP contribution in [0.5, 0.6) is 0 Å². The third kappa shape index (κ3) is 2.87. The summed E-state index contributed by atoms with van der Waals surface area (Å²) in [5.41, 5.74) is 5.23. The van der Waals surface area contributed by atoms with Gasteiger partial charge in [-0.25, -0.2) is 24.9 Å². The number of pyridine rings is 2. The predicted molar refractivity (Wildman–Crippen MR) is 114 cm³/mol. The molecule has 30 heavy (non-hydrogen) atoms. The van der Waals surface area contributed by atoms with Crippen molar-refractivity contribution in [3.63, 3.8) is 0 Å². The molecule has 0 radical (unpaired) electrons. The maximum absolute atomic E-state index is 11.6. The smallest absolute Gasteiger partial charge is 0.222 e. The minimum atomic E-state index is -0.178. The van der Waals surface area contributed by atoms with E-state index in [2.05, 4.69) is 30.2 Å². The quantitative estimate of drug-likeness (QED) is 0.482. The van der Waals surface area contributed by atoms with Crippen LogP contribution in [0.15, 0.2) is 43.0 Å². The lowest BCUT2D eigenvalue weighted by molar-refractivity contribution is -0.114. The van der Waals surface area contributed by atoms with Crippen molar-refractivity contribution in [2.75, 3.05) is 5.32 Å². The molecule has 0 saturated heterocycles. The third-order valence-electron chi connectivity index (χ3n) is 4.84. The summed E-state index contributed by atoms with van der Waals surface area (Å²) in [7, 11) is 1.91. The highest BCUT2D eigenvalue weighted by atomic mass is 16.1. The lowest BCUT2D eigenvalue weighted by Crippen LogP contribution is -2.08. The number of H-pyrrole nitrogens is 1. The zero-order valence-electron chi connectivity index (χ0n) is 16.6. The van der Waals surface area contributed by atoms with Gasteiger partial charge in [0.2, 0.25) is 5.91 Å². The van der Waals surface area contributed by atoms with Crippen LogP contribution in [0.4, 0.5) is 5.82 Å². The summed E-state index contributed by atoms with van der Waals surface area (Å²) in [6.45, 7) is 3.39. The van der Waals surface area contributed by atoms with E-state index < -0.39 is 0 Å². The molecule has 0 unspecified atom stereocenters. The largest absolute Gasteiger partial charge is 0.347 e. The van der Waals surface area contributed by atoms with Gasteiger partial charge in [0.05, 0.1) is 11.8 Å². The fraction of sp³-hybridized carbons (Fsp3) is 0.143. The summed E-state index contributed by atoms with van der Waals surface area (Å²) in [4.78, 5) is 37.5. The van der Waals surface area contributed by atoms with Crippen LogP contribution in [0.3, 0.4) is 0 Å². The molecule has 0 fully saturated rings. The van der Waals surface area contributed by atoms with Crippen LogP contribution < -0.4 is 5.32 Å². The average Bonchev–Trinajstić information content (AvgIpc) is 3.32. The highest BCUT2D eigenvalue weighted by Gasteiger charge is 2.20. The zero-order chi connectivity index (χ0) is 20.8. The van der Waals surface area contributed by atoms with E-state index in [0.717, 1.165) is 22.2 Å². The van der Waals surface area contributed by atoms with Gasteiger partial charge in [-0.2, -0.15) is 0 Å². The van der Waals surface area contributed by atoms with Gasteiger partial charge in [0.15, 0.2) is 17.3 Å². The Morgan fingerprint density at radius 2 is 2.00 bits per heavy atom. The normalized spacial score (nSPS) is 11.3. The number of rotatable bonds is 3. The molecule has 5 heterocycles. The first-order valence-corrected chi connectivity index (χ1v) is 9.38. The second kappa shape index (κ2) is 6.73. The number of amides is 1. The molecule has 0 aliphatic heterocycles. The zero-order valence-corrected chi connectivity index (χ0v) is 16.6. The number of aromatic nitrogens is 7. The molecule has 0 spiro atoms. The van der Waals surface area contributed by atoms with Crippen molar-refractivity contribution >= 4 is 33.8 Å². The Morgan fingerprint density at radius 1 is 1.13 bits per heavy atom. The summed E-state index contributed by atoms with van der Waals surface area (Å²) in [5, 5.41) is 3.70. The van der Waals surface area contributed by atoms with Gasteiger partial charge in [-0.3, -0.25) is 4.79 Å². The second-order valence-corrected chi connectivity index (χ2v) is 7.05. The number of carbonyl (C=O) groups excluding carboxylic acids is 1. The maximum Gasteiger partial charge on any atom is 0.222 e. The first-order chi connectivity index (χ1) is 14.5. The topological polar surface area (TPSA) is 114 Å². The Balaban J connectivity index is 1.79. The highest BCUT2D eigenvalue weighted by molar-refractivity contribution is 6.06. The molecule has 0 aromatic carbocycles. The molecule has 148 valence electrons. The number of hydrogen-bond acceptors (Lipinski definition) is 6. The number of anilines is 1. The molecule has 5 aromatic rings. The molecule has 0 bridgehead atoms. The summed E-state index contributed by atoms with van der Waals surface area (Å²) in [6, 6.07) is 7.65. The van der Waals surface area contributed by atoms with Crippen LogP contribution in [-0.4, -0.2) is 40.4 Å². The Kier molecular flexibility index (Phi) is 4.02. The van der Waals surface area contributed by atoms with Crippen molar-refractivity contribution in [3.05, 3.63) is 48.7 Å². The number of aromatic amines is 1. The van der Waals surface area contributed by atoms with Gasteiger partial charge in [-0.05, 0) is 25.1 Å². The molecule has 1 amide bonds. The number of imidazole rings is 1. The van der Waals surface area contributed by atoms with Gasteiger partial charge in [0, 0.05) is 43.0 Å². The van der Waals surface area contributed by atoms with Crippen molar-refractivity contribution < 1.29 is 4.79 Å². The average molecular weight is 398 g/mol. The summed E-state index contributed by atoms with van der Waals surface area (Å²) in [6.07, 6.45) is 5.23. The van der Waals surface area contributed by atoms with Crippen molar-refractivity contribution in [1.82, 2.24) is 34.5 Å². The molecule has 5 rings (SSSR count). The van der Waals surface area contributed by atoms with Gasteiger partial charge in [0.1, 0.15) is 16.9 Å². The molecule has 9 heteroatoms. The number of fused-ring (bicyclic) bond motifs is 2. The molecule has 5 aromatic heterocycles. The second-order valence-electron chi connectivity index (χ2n) is 7.05. The molecular formula is C21H18N8O. The first kappa shape index (κ1) is 17.9. The van der Waals surface area contributed by atoms with Gasteiger partial charge >= 0.3 is 0 Å². The number of nitrogens with one attached hydrogen (secondary N) is 2. The maximum atomic E-state index is 11.6. The Labute approximate surface area is 171 Å². The number of nitrogens with zero attached hydrogens (tertiary/aromatic N) is 6. The summed E-state index contributed by atoms with van der Waals surface area (Å²) in [5.74, 6) is 0.836. The van der Waals surface area contributed by atoms with Gasteiger partial charge < -0.3 is 14.9 Å². The van der Waals surface area contributed by atoms with Crippen LogP contribution in [0.1, 0.15) is 12.6 Å². The van der Waals surface area contributed by atoms with Crippen molar-refractivity contribution in [1.29, 1.82) is 0 Å². The minimum absolute atomic E-state index is 0.178. The fourth-order valence-electron chi connectivity index (χ4n) is 3.61. The van der Waals surface area contributed by atoms with Crippen molar-refractivity contribution in [2.24, 2.45) is 7.05 Å². The van der Waals surface area contributed by atoms with Crippen molar-refractivity contribution in [2.45, 2.75) is 13.8 Å². The highest BCUT2D eigenvalue weighted by Crippen LogP contribution is 2.35. The standard InChI is InChI=1S/C21H18N8O/c1-11-5-4-6-15(25-11)19-27-16(17-20(28-19)24-10-23-17)14-9-29(3)18-13(14)7-8-22-21(18)26-12(2)30/h4-10H,1-3H3,(H,22,26,30)(H,23,24,27,28). The monoisotopic (exact) mass is 398 g/mol. The van der Waals surface area contributed by atoms with Crippen LogP contribution in [0.2, 0.25) is 0 Å². The molecule has 0 aliphatic carbocycles. The molecule has 9 nitrogen and oxygen atoms in total. The summed E-state index contributed by atoms with van der Waals surface area (Å²) < 4.78 is 1.92. The van der Waals surface area contributed by atoms with E-state index in [1.807, 2.05) is 49.0 Å². The SMILES string of the molecule is CC(=O)Nc1nccc2c(-c3nc(-c4cccc(C)n4)nc4[nH]cnc34)cn(C)c12. The number of carbonyl (C=O) groups is 1. The lowest BCUT2D eigenvalue weighted by atomic mass is 10.1. The van der Waals surface area contributed by atoms with E-state index in [0.29, 0.717) is 34.2 Å². The van der Waals surface area contributed by atoms with E-state index in [-0.39, 0.29) is 5.91 Å². The van der Waals surface area contributed by atoms with E-state index in [4.69, 9.17) is 4.98 Å². The van der Waals surface area contributed by atoms with E-state index in [1.54, 1.807) is 12.5 Å². The number of hydrogen-bond donors (Lipinski definition) is 2. The molecule has 2 N–H and O–H groups in total. The third-order valence-corrected chi connectivity index (χ3v) is 4.84. The van der Waals surface area contributed by atoms with Gasteiger partial charge in [-0.15, -0.1) is 0 Å². The van der Waals surface area contributed by atoms with Gasteiger partial charge in [-0.1, -0.05) is 6.07 Å². The fourth-order valence-corrected chi connectivity index (χ4v) is 3.61. The van der Waals surface area contributed by atoms with Crippen LogP contribution in [0.25, 0.3) is 44.8 Å². The summed E-state index contributed by atoms with van der Waals surface area (Å²) >= 11 is 0. The Hall–Kier alpha value is -4.14. The molecular weight excluding hydrogens is 380 g/mol.